The summed E-state index contributed by atoms with van der Waals surface area (Å²) in [6.07, 6.45) is -0.587. The third kappa shape index (κ3) is 4.03. The molecule has 0 bridgehead atoms. The lowest BCUT2D eigenvalue weighted by Crippen LogP contribution is -2.01. The number of nitro groups is 1. The molecule has 2 rings (SSSR count). The maximum absolute atomic E-state index is 11.0. The Morgan fingerprint density at radius 3 is 2.76 bits per heavy atom. The fourth-order valence-electron chi connectivity index (χ4n) is 1.85. The number of nitrogens with zero attached hydrogens (tertiary/aromatic N) is 1. The quantitative estimate of drug-likeness (QED) is 0.652. The van der Waals surface area contributed by atoms with Crippen molar-refractivity contribution in [3.8, 4) is 5.75 Å². The second-order valence-electron chi connectivity index (χ2n) is 4.57. The molecule has 0 radical (unpaired) electrons. The van der Waals surface area contributed by atoms with Gasteiger partial charge in [0.25, 0.3) is 5.69 Å². The first-order chi connectivity index (χ1) is 9.97. The number of hydrogen-bond acceptors (Lipinski definition) is 4. The van der Waals surface area contributed by atoms with E-state index in [-0.39, 0.29) is 12.3 Å². The molecule has 1 N–H and O–H groups in total. The Morgan fingerprint density at radius 1 is 1.33 bits per heavy atom. The second kappa shape index (κ2) is 6.69. The summed E-state index contributed by atoms with van der Waals surface area (Å²) in [5.74, 6) is 0.561. The normalized spacial score (nSPS) is 12.0. The van der Waals surface area contributed by atoms with E-state index in [1.165, 1.54) is 6.07 Å². The van der Waals surface area contributed by atoms with Crippen LogP contribution >= 0.6 is 15.9 Å². The molecule has 1 unspecified atom stereocenters. The Bertz CT molecular complexity index is 658. The minimum absolute atomic E-state index is 0.0102. The number of rotatable bonds is 5. The number of hydrogen-bond donors (Lipinski definition) is 1. The number of ether oxygens (including phenoxy) is 1. The van der Waals surface area contributed by atoms with Gasteiger partial charge in [-0.2, -0.15) is 0 Å². The minimum Gasteiger partial charge on any atom is -0.489 e. The molecule has 0 aliphatic carbocycles. The average Bonchev–Trinajstić information content (AvgIpc) is 2.46. The molecule has 0 amide bonds. The van der Waals surface area contributed by atoms with Gasteiger partial charge in [0, 0.05) is 10.5 Å². The summed E-state index contributed by atoms with van der Waals surface area (Å²) in [4.78, 5) is 10.6. The molecule has 110 valence electrons. The predicted octanol–water partition coefficient (Wildman–Crippen LogP) is 3.99. The summed E-state index contributed by atoms with van der Waals surface area (Å²) in [5, 5.41) is 20.6. The zero-order chi connectivity index (χ0) is 15.4. The van der Waals surface area contributed by atoms with E-state index in [2.05, 4.69) is 15.9 Å². The monoisotopic (exact) mass is 351 g/mol. The first-order valence-corrected chi connectivity index (χ1v) is 7.10. The lowest BCUT2D eigenvalue weighted by molar-refractivity contribution is -0.385. The van der Waals surface area contributed by atoms with Crippen molar-refractivity contribution in [2.24, 2.45) is 0 Å². The molecule has 0 aliphatic heterocycles. The fraction of sp³-hybridized carbons (Fsp3) is 0.200. The van der Waals surface area contributed by atoms with E-state index in [4.69, 9.17) is 4.74 Å². The molecule has 21 heavy (non-hydrogen) atoms. The molecular weight excluding hydrogens is 338 g/mol. The van der Waals surface area contributed by atoms with Gasteiger partial charge in [0.05, 0.1) is 16.6 Å². The highest BCUT2D eigenvalue weighted by molar-refractivity contribution is 9.10. The number of aliphatic hydroxyl groups is 1. The van der Waals surface area contributed by atoms with Crippen LogP contribution < -0.4 is 4.74 Å². The highest BCUT2D eigenvalue weighted by atomic mass is 79.9. The van der Waals surface area contributed by atoms with Gasteiger partial charge in [0.1, 0.15) is 12.4 Å². The van der Waals surface area contributed by atoms with Gasteiger partial charge in [0.2, 0.25) is 0 Å². The van der Waals surface area contributed by atoms with Crippen LogP contribution in [0.1, 0.15) is 24.2 Å². The van der Waals surface area contributed by atoms with Gasteiger partial charge < -0.3 is 9.84 Å². The van der Waals surface area contributed by atoms with E-state index in [0.29, 0.717) is 15.8 Å². The lowest BCUT2D eigenvalue weighted by atomic mass is 10.1. The van der Waals surface area contributed by atoms with Crippen LogP contribution in [0.4, 0.5) is 5.69 Å². The van der Waals surface area contributed by atoms with Crippen LogP contribution in [-0.4, -0.2) is 10.0 Å². The molecule has 1 atom stereocenters. The third-order valence-corrected chi connectivity index (χ3v) is 3.47. The number of benzene rings is 2. The molecule has 0 heterocycles. The van der Waals surface area contributed by atoms with E-state index >= 15 is 0 Å². The summed E-state index contributed by atoms with van der Waals surface area (Å²) in [5.41, 5.74) is 1.24. The van der Waals surface area contributed by atoms with E-state index in [1.54, 1.807) is 43.3 Å². The Morgan fingerprint density at radius 2 is 2.10 bits per heavy atom. The lowest BCUT2D eigenvalue weighted by Gasteiger charge is -2.10. The molecule has 0 spiro atoms. The largest absolute Gasteiger partial charge is 0.489 e. The number of nitro benzene ring substituents is 1. The zero-order valence-corrected chi connectivity index (χ0v) is 12.9. The van der Waals surface area contributed by atoms with Crippen LogP contribution in [0.2, 0.25) is 0 Å². The van der Waals surface area contributed by atoms with E-state index in [9.17, 15) is 15.2 Å². The van der Waals surface area contributed by atoms with Gasteiger partial charge >= 0.3 is 0 Å². The van der Waals surface area contributed by atoms with Crippen molar-refractivity contribution in [2.75, 3.05) is 0 Å². The van der Waals surface area contributed by atoms with Crippen LogP contribution in [0.5, 0.6) is 5.75 Å². The van der Waals surface area contributed by atoms with E-state index in [0.717, 1.165) is 5.56 Å². The topological polar surface area (TPSA) is 72.6 Å². The maximum Gasteiger partial charge on any atom is 0.277 e. The van der Waals surface area contributed by atoms with Crippen molar-refractivity contribution in [1.29, 1.82) is 0 Å². The second-order valence-corrected chi connectivity index (χ2v) is 5.48. The maximum atomic E-state index is 11.0. The van der Waals surface area contributed by atoms with Crippen molar-refractivity contribution in [2.45, 2.75) is 19.6 Å². The van der Waals surface area contributed by atoms with Crippen molar-refractivity contribution in [3.63, 3.8) is 0 Å². The van der Waals surface area contributed by atoms with Crippen LogP contribution in [0.15, 0.2) is 46.9 Å². The molecule has 5 nitrogen and oxygen atoms in total. The standard InChI is InChI=1S/C15H14BrNO4/c1-10(18)11-3-2-4-14(7-11)21-9-12-5-6-13(16)8-15(12)17(19)20/h2-8,10,18H,9H2,1H3. The van der Waals surface area contributed by atoms with Gasteiger partial charge in [-0.1, -0.05) is 28.1 Å². The Labute approximate surface area is 130 Å². The number of aliphatic hydroxyl groups excluding tert-OH is 1. The summed E-state index contributed by atoms with van der Waals surface area (Å²) < 4.78 is 6.23. The molecule has 6 heteroatoms. The molecular formula is C15H14BrNO4. The summed E-state index contributed by atoms with van der Waals surface area (Å²) in [7, 11) is 0. The highest BCUT2D eigenvalue weighted by Gasteiger charge is 2.14. The third-order valence-electron chi connectivity index (χ3n) is 2.98. The van der Waals surface area contributed by atoms with Gasteiger partial charge in [-0.25, -0.2) is 0 Å². The molecule has 0 aliphatic rings. The van der Waals surface area contributed by atoms with Crippen molar-refractivity contribution in [1.82, 2.24) is 0 Å². The van der Waals surface area contributed by atoms with Gasteiger partial charge in [-0.15, -0.1) is 0 Å². The smallest absolute Gasteiger partial charge is 0.277 e. The van der Waals surface area contributed by atoms with Crippen molar-refractivity contribution >= 4 is 21.6 Å². The van der Waals surface area contributed by atoms with Crippen LogP contribution in [0.3, 0.4) is 0 Å². The molecule has 2 aromatic rings. The van der Waals surface area contributed by atoms with Crippen LogP contribution in [-0.2, 0) is 6.61 Å². The Hall–Kier alpha value is -1.92. The van der Waals surface area contributed by atoms with Crippen LogP contribution in [0.25, 0.3) is 0 Å². The number of halogens is 1. The minimum atomic E-state index is -0.587. The van der Waals surface area contributed by atoms with E-state index < -0.39 is 11.0 Å². The summed E-state index contributed by atoms with van der Waals surface area (Å²) in [6.45, 7) is 1.76. The molecule has 2 aromatic carbocycles. The highest BCUT2D eigenvalue weighted by Crippen LogP contribution is 2.25. The van der Waals surface area contributed by atoms with Gasteiger partial charge in [0.15, 0.2) is 0 Å². The first-order valence-electron chi connectivity index (χ1n) is 6.31. The van der Waals surface area contributed by atoms with E-state index in [1.807, 2.05) is 0 Å². The molecule has 0 fully saturated rings. The Balaban J connectivity index is 2.17. The predicted molar refractivity (Wildman–Crippen MR) is 82.2 cm³/mol. The fourth-order valence-corrected chi connectivity index (χ4v) is 2.20. The molecule has 0 saturated carbocycles. The molecule has 0 aromatic heterocycles. The van der Waals surface area contributed by atoms with Gasteiger partial charge in [-0.3, -0.25) is 10.1 Å². The Kier molecular flexibility index (Phi) is 4.93. The average molecular weight is 352 g/mol. The van der Waals surface area contributed by atoms with Crippen LogP contribution in [0, 0.1) is 10.1 Å². The summed E-state index contributed by atoms with van der Waals surface area (Å²) >= 11 is 3.21. The SMILES string of the molecule is CC(O)c1cccc(OCc2ccc(Br)cc2[N+](=O)[O-])c1. The van der Waals surface area contributed by atoms with Crippen molar-refractivity contribution < 1.29 is 14.8 Å². The van der Waals surface area contributed by atoms with Gasteiger partial charge in [-0.05, 0) is 36.8 Å². The molecule has 0 saturated heterocycles. The zero-order valence-electron chi connectivity index (χ0n) is 11.3. The van der Waals surface area contributed by atoms with Crippen molar-refractivity contribution in [3.05, 3.63) is 68.2 Å². The summed E-state index contributed by atoms with van der Waals surface area (Å²) in [6, 6.07) is 11.9. The first kappa shape index (κ1) is 15.5.